The van der Waals surface area contributed by atoms with Gasteiger partial charge in [0.05, 0.1) is 6.54 Å². The number of carbonyl (C=O) groups is 1. The normalized spacial score (nSPS) is 24.8. The number of rotatable bonds is 6. The van der Waals surface area contributed by atoms with Gasteiger partial charge in [-0.1, -0.05) is 19.3 Å². The van der Waals surface area contributed by atoms with Crippen molar-refractivity contribution in [2.75, 3.05) is 64.9 Å². The summed E-state index contributed by atoms with van der Waals surface area (Å²) in [5.74, 6) is 3.57. The largest absolute Gasteiger partial charge is 0.358 e. The molecule has 3 aliphatic rings. The zero-order valence-electron chi connectivity index (χ0n) is 18.3. The van der Waals surface area contributed by atoms with Crippen molar-refractivity contribution < 1.29 is 4.79 Å². The van der Waals surface area contributed by atoms with E-state index < -0.39 is 0 Å². The number of guanidine groups is 1. The number of nitrogens with zero attached hydrogens (tertiary/aromatic N) is 3. The van der Waals surface area contributed by atoms with Crippen molar-refractivity contribution >= 4 is 23.6 Å². The van der Waals surface area contributed by atoms with Crippen LogP contribution in [0.15, 0.2) is 4.99 Å². The van der Waals surface area contributed by atoms with Gasteiger partial charge < -0.3 is 16.0 Å². The van der Waals surface area contributed by atoms with E-state index >= 15 is 0 Å². The average Bonchev–Trinajstić information content (AvgIpc) is 2.79. The minimum absolute atomic E-state index is 0.0998. The highest BCUT2D eigenvalue weighted by molar-refractivity contribution is 7.99. The first kappa shape index (κ1) is 22.7. The molecule has 3 N–H and O–H groups in total. The van der Waals surface area contributed by atoms with Crippen molar-refractivity contribution in [1.29, 1.82) is 0 Å². The van der Waals surface area contributed by atoms with Gasteiger partial charge in [-0.15, -0.1) is 0 Å². The van der Waals surface area contributed by atoms with E-state index in [4.69, 9.17) is 0 Å². The molecular formula is C21H40N6OS. The Balaban J connectivity index is 1.48. The Labute approximate surface area is 180 Å². The van der Waals surface area contributed by atoms with Crippen LogP contribution in [0.4, 0.5) is 0 Å². The molecule has 0 radical (unpaired) electrons. The van der Waals surface area contributed by atoms with Crippen molar-refractivity contribution in [2.24, 2.45) is 4.99 Å². The molecule has 1 aliphatic carbocycles. The minimum Gasteiger partial charge on any atom is -0.358 e. The molecule has 2 aliphatic heterocycles. The monoisotopic (exact) mass is 424 g/mol. The van der Waals surface area contributed by atoms with E-state index in [0.717, 1.165) is 38.4 Å². The topological polar surface area (TPSA) is 72.0 Å². The molecule has 2 saturated heterocycles. The summed E-state index contributed by atoms with van der Waals surface area (Å²) in [6, 6.07) is 0.427. The Morgan fingerprint density at radius 3 is 2.41 bits per heavy atom. The van der Waals surface area contributed by atoms with Crippen molar-refractivity contribution in [3.8, 4) is 0 Å². The Kier molecular flexibility index (Phi) is 8.93. The summed E-state index contributed by atoms with van der Waals surface area (Å²) in [6.07, 6.45) is 8.78. The van der Waals surface area contributed by atoms with Crippen LogP contribution in [0.1, 0.15) is 44.9 Å². The molecule has 0 aromatic heterocycles. The second-order valence-electron chi connectivity index (χ2n) is 8.68. The zero-order valence-corrected chi connectivity index (χ0v) is 19.2. The van der Waals surface area contributed by atoms with Crippen LogP contribution >= 0.6 is 11.8 Å². The highest BCUT2D eigenvalue weighted by atomic mass is 32.2. The zero-order chi connectivity index (χ0) is 20.5. The number of likely N-dealkylation sites (tertiary alicyclic amines) is 1. The molecule has 29 heavy (non-hydrogen) atoms. The average molecular weight is 425 g/mol. The number of nitrogens with one attached hydrogen (secondary N) is 3. The summed E-state index contributed by atoms with van der Waals surface area (Å²) < 4.78 is 0. The van der Waals surface area contributed by atoms with Crippen LogP contribution in [0.5, 0.6) is 0 Å². The van der Waals surface area contributed by atoms with Gasteiger partial charge in [0, 0.05) is 69.9 Å². The van der Waals surface area contributed by atoms with Gasteiger partial charge in [0.2, 0.25) is 5.91 Å². The number of piperidine rings is 1. The maximum absolute atomic E-state index is 11.6. The lowest BCUT2D eigenvalue weighted by Crippen LogP contribution is -2.60. The molecule has 1 saturated carbocycles. The van der Waals surface area contributed by atoms with Crippen molar-refractivity contribution in [2.45, 2.75) is 56.5 Å². The molecule has 7 nitrogen and oxygen atoms in total. The molecule has 0 unspecified atom stereocenters. The SMILES string of the molecule is CN=C(NCC1(N2CCSCC2)CCCCC1)NC1CCN(CC(=O)NC)CC1. The second kappa shape index (κ2) is 11.4. The molecule has 0 aromatic rings. The van der Waals surface area contributed by atoms with Gasteiger partial charge in [-0.2, -0.15) is 11.8 Å². The summed E-state index contributed by atoms with van der Waals surface area (Å²) in [5, 5.41) is 10.0. The second-order valence-corrected chi connectivity index (χ2v) is 9.90. The third-order valence-electron chi connectivity index (χ3n) is 6.85. The lowest BCUT2D eigenvalue weighted by molar-refractivity contribution is -0.122. The number of thioether (sulfide) groups is 1. The molecule has 1 amide bonds. The highest BCUT2D eigenvalue weighted by Crippen LogP contribution is 2.34. The quantitative estimate of drug-likeness (QED) is 0.438. The van der Waals surface area contributed by atoms with Crippen molar-refractivity contribution in [3.05, 3.63) is 0 Å². The fraction of sp³-hybridized carbons (Fsp3) is 0.905. The predicted octanol–water partition coefficient (Wildman–Crippen LogP) is 1.11. The molecule has 0 aromatic carbocycles. The van der Waals surface area contributed by atoms with Crippen molar-refractivity contribution in [3.63, 3.8) is 0 Å². The van der Waals surface area contributed by atoms with Crippen LogP contribution in [-0.2, 0) is 4.79 Å². The van der Waals surface area contributed by atoms with E-state index in [1.165, 1.54) is 56.7 Å². The summed E-state index contributed by atoms with van der Waals surface area (Å²) in [5.41, 5.74) is 0.299. The van der Waals surface area contributed by atoms with E-state index in [0.29, 0.717) is 18.1 Å². The number of hydrogen-bond acceptors (Lipinski definition) is 5. The predicted molar refractivity (Wildman–Crippen MR) is 123 cm³/mol. The standard InChI is InChI=1S/C21H40N6OS/c1-22-19(28)16-26-10-6-18(7-11-26)25-20(23-2)24-17-21(8-4-3-5-9-21)27-12-14-29-15-13-27/h18H,3-17H2,1-2H3,(H,22,28)(H2,23,24,25). The summed E-state index contributed by atoms with van der Waals surface area (Å²) >= 11 is 2.09. The Morgan fingerprint density at radius 1 is 1.10 bits per heavy atom. The van der Waals surface area contributed by atoms with E-state index in [2.05, 4.69) is 42.5 Å². The minimum atomic E-state index is 0.0998. The summed E-state index contributed by atoms with van der Waals surface area (Å²) in [7, 11) is 3.58. The van der Waals surface area contributed by atoms with Crippen LogP contribution in [0.2, 0.25) is 0 Å². The Bertz CT molecular complexity index is 537. The fourth-order valence-electron chi connectivity index (χ4n) is 5.01. The number of carbonyl (C=O) groups excluding carboxylic acids is 1. The van der Waals surface area contributed by atoms with Crippen LogP contribution < -0.4 is 16.0 Å². The first-order chi connectivity index (χ1) is 14.1. The molecule has 3 fully saturated rings. The molecule has 0 spiro atoms. The van der Waals surface area contributed by atoms with Gasteiger partial charge in [-0.3, -0.25) is 19.6 Å². The lowest BCUT2D eigenvalue weighted by Gasteiger charge is -2.48. The molecule has 0 atom stereocenters. The van der Waals surface area contributed by atoms with Gasteiger partial charge >= 0.3 is 0 Å². The summed E-state index contributed by atoms with van der Waals surface area (Å²) in [4.78, 5) is 21.1. The first-order valence-corrected chi connectivity index (χ1v) is 12.5. The number of amides is 1. The Morgan fingerprint density at radius 2 is 1.79 bits per heavy atom. The van der Waals surface area contributed by atoms with Crippen molar-refractivity contribution in [1.82, 2.24) is 25.8 Å². The van der Waals surface area contributed by atoms with Gasteiger partial charge in [0.25, 0.3) is 0 Å². The van der Waals surface area contributed by atoms with Crippen LogP contribution in [0.25, 0.3) is 0 Å². The molecule has 3 rings (SSSR count). The highest BCUT2D eigenvalue weighted by Gasteiger charge is 2.38. The number of aliphatic imine (C=N–C) groups is 1. The lowest BCUT2D eigenvalue weighted by atomic mass is 9.80. The molecule has 166 valence electrons. The van der Waals surface area contributed by atoms with Crippen LogP contribution in [-0.4, -0.2) is 98.1 Å². The van der Waals surface area contributed by atoms with Gasteiger partial charge in [0.1, 0.15) is 0 Å². The number of likely N-dealkylation sites (N-methyl/N-ethyl adjacent to an activating group) is 1. The third-order valence-corrected chi connectivity index (χ3v) is 7.79. The molecule has 2 heterocycles. The van der Waals surface area contributed by atoms with Gasteiger partial charge in [-0.05, 0) is 25.7 Å². The summed E-state index contributed by atoms with van der Waals surface area (Å²) in [6.45, 7) is 5.86. The molecule has 8 heteroatoms. The van der Waals surface area contributed by atoms with E-state index in [9.17, 15) is 4.79 Å². The van der Waals surface area contributed by atoms with E-state index in [1.54, 1.807) is 7.05 Å². The molecule has 0 bridgehead atoms. The fourth-order valence-corrected chi connectivity index (χ4v) is 5.91. The van der Waals surface area contributed by atoms with Crippen LogP contribution in [0, 0.1) is 0 Å². The van der Waals surface area contributed by atoms with E-state index in [-0.39, 0.29) is 5.91 Å². The van der Waals surface area contributed by atoms with Gasteiger partial charge in [0.15, 0.2) is 5.96 Å². The van der Waals surface area contributed by atoms with E-state index in [1.807, 2.05) is 7.05 Å². The molecular weight excluding hydrogens is 384 g/mol. The maximum atomic E-state index is 11.6. The first-order valence-electron chi connectivity index (χ1n) is 11.4. The smallest absolute Gasteiger partial charge is 0.233 e. The number of hydrogen-bond donors (Lipinski definition) is 3. The third kappa shape index (κ3) is 6.49. The maximum Gasteiger partial charge on any atom is 0.233 e. The van der Waals surface area contributed by atoms with Gasteiger partial charge in [-0.25, -0.2) is 0 Å². The Hall–Kier alpha value is -0.990. The van der Waals surface area contributed by atoms with Crippen LogP contribution in [0.3, 0.4) is 0 Å².